The van der Waals surface area contributed by atoms with Crippen LogP contribution in [0.2, 0.25) is 0 Å². The number of hydrogen-bond donors (Lipinski definition) is 0. The highest BCUT2D eigenvalue weighted by atomic mass is 31.2. The Morgan fingerprint density at radius 1 is 0.811 bits per heavy atom. The molecule has 1 aliphatic rings. The van der Waals surface area contributed by atoms with Gasteiger partial charge in [-0.2, -0.15) is 13.2 Å². The molecule has 0 radical (unpaired) electrons. The monoisotopic (exact) mass is 520 g/mol. The van der Waals surface area contributed by atoms with Crippen molar-refractivity contribution in [2.75, 3.05) is 13.3 Å². The summed E-state index contributed by atoms with van der Waals surface area (Å²) in [6.07, 6.45) is -1.79. The molecule has 1 heterocycles. The molecular formula is C30H24F3O3P. The predicted octanol–water partition coefficient (Wildman–Crippen LogP) is 4.84. The summed E-state index contributed by atoms with van der Waals surface area (Å²) in [6.45, 7) is 0. The average molecular weight is 520 g/mol. The molecule has 188 valence electrons. The van der Waals surface area contributed by atoms with Crippen molar-refractivity contribution < 1.29 is 27.8 Å². The summed E-state index contributed by atoms with van der Waals surface area (Å²) in [4.78, 5) is 8.78. The van der Waals surface area contributed by atoms with Gasteiger partial charge in [0.2, 0.25) is 0 Å². The van der Waals surface area contributed by atoms with Crippen LogP contribution < -0.4 is 25.8 Å². The second-order valence-electron chi connectivity index (χ2n) is 8.38. The Labute approximate surface area is 214 Å². The summed E-state index contributed by atoms with van der Waals surface area (Å²) in [5.41, 5.74) is 4.01. The van der Waals surface area contributed by atoms with Crippen molar-refractivity contribution in [1.82, 2.24) is 0 Å². The highest BCUT2D eigenvalue weighted by Gasteiger charge is 2.52. The first-order valence-corrected chi connectivity index (χ1v) is 13.4. The maximum Gasteiger partial charge on any atom is 0.430 e. The lowest BCUT2D eigenvalue weighted by molar-refractivity contribution is -0.344. The van der Waals surface area contributed by atoms with E-state index in [-0.39, 0.29) is 0 Å². The van der Waals surface area contributed by atoms with Gasteiger partial charge < -0.3 is 14.6 Å². The van der Waals surface area contributed by atoms with Gasteiger partial charge in [-0.3, -0.25) is 0 Å². The van der Waals surface area contributed by atoms with Crippen molar-refractivity contribution in [2.24, 2.45) is 0 Å². The Kier molecular flexibility index (Phi) is 7.80. The maximum absolute atomic E-state index is 10.5. The van der Waals surface area contributed by atoms with E-state index in [0.717, 1.165) is 11.9 Å². The Morgan fingerprint density at radius 2 is 1.30 bits per heavy atom. The first-order chi connectivity index (χ1) is 17.8. The summed E-state index contributed by atoms with van der Waals surface area (Å²) in [5.74, 6) is -2.12. The van der Waals surface area contributed by atoms with Crippen LogP contribution in [-0.2, 0) is 4.79 Å². The van der Waals surface area contributed by atoms with Crippen LogP contribution in [-0.4, -0.2) is 25.4 Å². The van der Waals surface area contributed by atoms with Crippen molar-refractivity contribution in [3.05, 3.63) is 120 Å². The summed E-state index contributed by atoms with van der Waals surface area (Å²) in [6, 6.07) is 39.5. The Bertz CT molecular complexity index is 1340. The molecule has 0 saturated carbocycles. The molecule has 0 aliphatic carbocycles. The number of carbonyl (C=O) groups excluding carboxylic acids is 1. The number of aliphatic carboxylic acids is 1. The number of ether oxygens (including phenoxy) is 1. The van der Waals surface area contributed by atoms with Crippen LogP contribution in [0, 0.1) is 0 Å². The number of carboxylic acid groups (broad SMARTS) is 1. The fraction of sp³-hybridized carbons (Fsp3) is 0.100. The van der Waals surface area contributed by atoms with Crippen LogP contribution in [0.25, 0.3) is 11.6 Å². The summed E-state index contributed by atoms with van der Waals surface area (Å²) in [7, 11) is -0.0354. The third-order valence-corrected chi connectivity index (χ3v) is 10.5. The normalized spacial score (nSPS) is 14.9. The maximum atomic E-state index is 10.5. The van der Waals surface area contributed by atoms with E-state index in [0.29, 0.717) is 0 Å². The van der Waals surface area contributed by atoms with Crippen LogP contribution in [0.1, 0.15) is 11.1 Å². The van der Waals surface area contributed by atoms with Crippen LogP contribution >= 0.6 is 7.26 Å². The van der Waals surface area contributed by atoms with Gasteiger partial charge in [0.05, 0.1) is 13.3 Å². The van der Waals surface area contributed by atoms with Crippen LogP contribution in [0.4, 0.5) is 13.2 Å². The fourth-order valence-corrected chi connectivity index (χ4v) is 9.00. The topological polar surface area (TPSA) is 49.4 Å². The lowest BCUT2D eigenvalue weighted by Crippen LogP contribution is -2.37. The Hall–Kier alpha value is -3.89. The molecule has 7 heteroatoms. The molecule has 37 heavy (non-hydrogen) atoms. The van der Waals surface area contributed by atoms with Gasteiger partial charge in [-0.05, 0) is 54.1 Å². The summed E-state index contributed by atoms with van der Waals surface area (Å²) in [5, 5.41) is 13.2. The zero-order valence-electron chi connectivity index (χ0n) is 20.0. The number of halogens is 3. The second kappa shape index (κ2) is 11.0. The molecule has 4 aromatic rings. The van der Waals surface area contributed by atoms with Crippen molar-refractivity contribution in [2.45, 2.75) is 6.18 Å². The highest BCUT2D eigenvalue weighted by molar-refractivity contribution is 7.96. The Morgan fingerprint density at radius 3 is 1.78 bits per heavy atom. The van der Waals surface area contributed by atoms with Gasteiger partial charge in [0.1, 0.15) is 34.9 Å². The third kappa shape index (κ3) is 5.60. The molecule has 0 fully saturated rings. The molecule has 1 aliphatic heterocycles. The van der Waals surface area contributed by atoms with Crippen molar-refractivity contribution in [1.29, 1.82) is 0 Å². The van der Waals surface area contributed by atoms with Crippen molar-refractivity contribution in [3.8, 4) is 5.75 Å². The number of carboxylic acids is 1. The molecule has 5 rings (SSSR count). The number of rotatable bonds is 4. The van der Waals surface area contributed by atoms with E-state index < -0.39 is 19.4 Å². The van der Waals surface area contributed by atoms with Gasteiger partial charge >= 0.3 is 6.18 Å². The van der Waals surface area contributed by atoms with Gasteiger partial charge in [-0.25, -0.2) is 0 Å². The van der Waals surface area contributed by atoms with E-state index in [1.807, 2.05) is 12.1 Å². The molecular weight excluding hydrogens is 496 g/mol. The average Bonchev–Trinajstić information content (AvgIpc) is 3.25. The minimum Gasteiger partial charge on any atom is -0.542 e. The molecule has 4 aromatic carbocycles. The van der Waals surface area contributed by atoms with E-state index >= 15 is 0 Å². The van der Waals surface area contributed by atoms with Gasteiger partial charge in [0.25, 0.3) is 0 Å². The quantitative estimate of drug-likeness (QED) is 0.362. The smallest absolute Gasteiger partial charge is 0.430 e. The molecule has 0 aromatic heterocycles. The zero-order chi connectivity index (χ0) is 26.5. The van der Waals surface area contributed by atoms with Gasteiger partial charge in [0.15, 0.2) is 0 Å². The molecule has 0 spiro atoms. The first kappa shape index (κ1) is 26.2. The largest absolute Gasteiger partial charge is 0.542 e. The van der Waals surface area contributed by atoms with Crippen LogP contribution in [0.3, 0.4) is 0 Å². The molecule has 3 nitrogen and oxygen atoms in total. The number of benzene rings is 4. The van der Waals surface area contributed by atoms with E-state index in [9.17, 15) is 13.2 Å². The molecule has 0 unspecified atom stereocenters. The van der Waals surface area contributed by atoms with Crippen molar-refractivity contribution in [3.63, 3.8) is 0 Å². The van der Waals surface area contributed by atoms with Crippen molar-refractivity contribution >= 4 is 40.8 Å². The summed E-state index contributed by atoms with van der Waals surface area (Å²) >= 11 is 0. The first-order valence-electron chi connectivity index (χ1n) is 11.5. The molecule has 0 amide bonds. The van der Waals surface area contributed by atoms with E-state index in [1.54, 1.807) is 7.11 Å². The predicted molar refractivity (Wildman–Crippen MR) is 142 cm³/mol. The minimum atomic E-state index is -5.19. The lowest BCUT2D eigenvalue weighted by Gasteiger charge is -2.23. The number of hydrogen-bond acceptors (Lipinski definition) is 3. The number of alkyl halides is 3. The SMILES string of the molecule is COc1ccc(/C=C2\C[P+](c3ccccc3)(c3ccccc3)c3ccccc32)cc1.O=C([O-])C(F)(F)F. The minimum absolute atomic E-state index is 0.888. The Balaban J connectivity index is 0.000000405. The number of carbonyl (C=O) groups is 1. The number of fused-ring (bicyclic) bond motifs is 1. The number of allylic oxidation sites excluding steroid dienone is 1. The standard InChI is InChI=1S/C28H24OP.C2HF3O2/c1-29-24-18-16-22(17-19-24)20-23-21-30(25-10-4-2-5-11-25,26-12-6-3-7-13-26)28-15-9-8-14-27(23)28;3-2(4,5)1(6)7/h2-20H,21H2,1H3;(H,6,7)/q+1;/p-1/b23-20+;. The molecule has 0 atom stereocenters. The van der Waals surface area contributed by atoms with E-state index in [1.165, 1.54) is 32.6 Å². The van der Waals surface area contributed by atoms with Gasteiger partial charge in [-0.15, -0.1) is 0 Å². The summed E-state index contributed by atoms with van der Waals surface area (Å²) < 4.78 is 36.9. The van der Waals surface area contributed by atoms with Gasteiger partial charge in [-0.1, -0.05) is 66.7 Å². The third-order valence-electron chi connectivity index (χ3n) is 6.15. The number of methoxy groups -OCH3 is 1. The van der Waals surface area contributed by atoms with E-state index in [4.69, 9.17) is 14.6 Å². The lowest BCUT2D eigenvalue weighted by atomic mass is 10.0. The zero-order valence-corrected chi connectivity index (χ0v) is 20.9. The van der Waals surface area contributed by atoms with E-state index in [2.05, 4.69) is 103 Å². The van der Waals surface area contributed by atoms with Gasteiger partial charge in [0, 0.05) is 11.1 Å². The highest BCUT2D eigenvalue weighted by Crippen LogP contribution is 2.63. The molecule has 0 N–H and O–H groups in total. The van der Waals surface area contributed by atoms with Crippen LogP contribution in [0.15, 0.2) is 109 Å². The molecule has 0 bridgehead atoms. The molecule has 0 saturated heterocycles. The second-order valence-corrected chi connectivity index (χ2v) is 11.8. The van der Waals surface area contributed by atoms with Crippen LogP contribution in [0.5, 0.6) is 5.75 Å². The fourth-order valence-electron chi connectivity index (χ4n) is 4.50.